The van der Waals surface area contributed by atoms with Gasteiger partial charge in [-0.2, -0.15) is 0 Å². The van der Waals surface area contributed by atoms with Crippen molar-refractivity contribution in [1.29, 1.82) is 0 Å². The number of benzene rings is 2. The van der Waals surface area contributed by atoms with Crippen molar-refractivity contribution in [2.45, 2.75) is 11.8 Å². The van der Waals surface area contributed by atoms with E-state index in [0.717, 1.165) is 6.07 Å². The van der Waals surface area contributed by atoms with E-state index in [4.69, 9.17) is 17.3 Å². The lowest BCUT2D eigenvalue weighted by molar-refractivity contribution is 0.598. The van der Waals surface area contributed by atoms with Crippen LogP contribution in [0, 0.1) is 12.7 Å². The van der Waals surface area contributed by atoms with Gasteiger partial charge in [0.25, 0.3) is 10.0 Å². The fourth-order valence-corrected chi connectivity index (χ4v) is 3.25. The summed E-state index contributed by atoms with van der Waals surface area (Å²) in [6, 6.07) is 8.01. The quantitative estimate of drug-likeness (QED) is 0.855. The average molecular weight is 315 g/mol. The molecule has 0 heterocycles. The van der Waals surface area contributed by atoms with Gasteiger partial charge in [0, 0.05) is 10.7 Å². The molecule has 0 saturated carbocycles. The average Bonchev–Trinajstić information content (AvgIpc) is 2.33. The van der Waals surface area contributed by atoms with Gasteiger partial charge in [-0.15, -0.1) is 0 Å². The molecule has 0 aromatic heterocycles. The van der Waals surface area contributed by atoms with Crippen molar-refractivity contribution < 1.29 is 12.8 Å². The third kappa shape index (κ3) is 3.02. The van der Waals surface area contributed by atoms with Crippen molar-refractivity contribution in [3.05, 3.63) is 52.8 Å². The summed E-state index contributed by atoms with van der Waals surface area (Å²) in [6.45, 7) is 1.61. The molecule has 0 radical (unpaired) electrons. The first kappa shape index (κ1) is 14.6. The topological polar surface area (TPSA) is 72.2 Å². The lowest BCUT2D eigenvalue weighted by Gasteiger charge is -2.11. The minimum atomic E-state index is -3.90. The molecule has 2 aromatic rings. The molecule has 4 nitrogen and oxygen atoms in total. The third-order valence-corrected chi connectivity index (χ3v) is 4.42. The minimum absolute atomic E-state index is 0.0312. The van der Waals surface area contributed by atoms with E-state index in [1.165, 1.54) is 30.3 Å². The van der Waals surface area contributed by atoms with E-state index in [1.807, 2.05) is 0 Å². The zero-order valence-electron chi connectivity index (χ0n) is 10.5. The van der Waals surface area contributed by atoms with Crippen molar-refractivity contribution in [2.24, 2.45) is 0 Å². The molecule has 0 fully saturated rings. The van der Waals surface area contributed by atoms with Crippen LogP contribution in [0.5, 0.6) is 0 Å². The first-order valence-electron chi connectivity index (χ1n) is 5.63. The summed E-state index contributed by atoms with van der Waals surface area (Å²) < 4.78 is 40.2. The van der Waals surface area contributed by atoms with Crippen LogP contribution in [-0.4, -0.2) is 8.42 Å². The molecule has 7 heteroatoms. The number of nitrogens with two attached hydrogens (primary N) is 1. The molecule has 0 aliphatic heterocycles. The van der Waals surface area contributed by atoms with Crippen LogP contribution in [0.2, 0.25) is 5.02 Å². The Kier molecular flexibility index (Phi) is 3.87. The summed E-state index contributed by atoms with van der Waals surface area (Å²) in [7, 11) is -3.90. The molecule has 0 bridgehead atoms. The zero-order chi connectivity index (χ0) is 14.9. The number of nitrogens with one attached hydrogen (secondary N) is 1. The molecule has 0 amide bonds. The summed E-state index contributed by atoms with van der Waals surface area (Å²) in [5, 5.41) is 0.427. The highest BCUT2D eigenvalue weighted by atomic mass is 35.5. The molecule has 3 N–H and O–H groups in total. The number of nitrogen functional groups attached to an aromatic ring is 1. The first-order valence-corrected chi connectivity index (χ1v) is 7.50. The van der Waals surface area contributed by atoms with E-state index >= 15 is 0 Å². The summed E-state index contributed by atoms with van der Waals surface area (Å²) >= 11 is 5.78. The van der Waals surface area contributed by atoms with Crippen LogP contribution in [0.1, 0.15) is 5.56 Å². The second-order valence-corrected chi connectivity index (χ2v) is 6.34. The molecule has 0 atom stereocenters. The number of sulfonamides is 1. The van der Waals surface area contributed by atoms with E-state index in [0.29, 0.717) is 10.6 Å². The van der Waals surface area contributed by atoms with Crippen LogP contribution < -0.4 is 10.5 Å². The van der Waals surface area contributed by atoms with Crippen LogP contribution in [0.15, 0.2) is 41.3 Å². The van der Waals surface area contributed by atoms with Crippen molar-refractivity contribution in [2.75, 3.05) is 10.5 Å². The van der Waals surface area contributed by atoms with Crippen LogP contribution in [-0.2, 0) is 10.0 Å². The number of aryl methyl sites for hydroxylation is 1. The molecular weight excluding hydrogens is 303 g/mol. The van der Waals surface area contributed by atoms with Gasteiger partial charge in [-0.25, -0.2) is 12.8 Å². The Bertz CT molecular complexity index is 763. The van der Waals surface area contributed by atoms with Crippen LogP contribution in [0.25, 0.3) is 0 Å². The smallest absolute Gasteiger partial charge is 0.262 e. The number of rotatable bonds is 3. The number of hydrogen-bond donors (Lipinski definition) is 2. The van der Waals surface area contributed by atoms with Gasteiger partial charge in [0.15, 0.2) is 0 Å². The van der Waals surface area contributed by atoms with Crippen LogP contribution in [0.4, 0.5) is 15.8 Å². The summed E-state index contributed by atoms with van der Waals surface area (Å²) in [4.78, 5) is 0.0312. The van der Waals surface area contributed by atoms with Gasteiger partial charge in [0.1, 0.15) is 5.82 Å². The maximum Gasteiger partial charge on any atom is 0.262 e. The van der Waals surface area contributed by atoms with Gasteiger partial charge in [0.05, 0.1) is 10.6 Å². The molecule has 0 unspecified atom stereocenters. The Balaban J connectivity index is 2.43. The Morgan fingerprint density at radius 1 is 1.20 bits per heavy atom. The lowest BCUT2D eigenvalue weighted by Crippen LogP contribution is -2.15. The van der Waals surface area contributed by atoms with Crippen molar-refractivity contribution in [3.8, 4) is 0 Å². The fourth-order valence-electron chi connectivity index (χ4n) is 1.74. The highest BCUT2D eigenvalue weighted by Crippen LogP contribution is 2.24. The van der Waals surface area contributed by atoms with Gasteiger partial charge in [0.2, 0.25) is 0 Å². The SMILES string of the molecule is Cc1cc(Cl)ccc1S(=O)(=O)Nc1cc(N)ccc1F. The Hall–Kier alpha value is -1.79. The van der Waals surface area contributed by atoms with Crippen molar-refractivity contribution in [1.82, 2.24) is 0 Å². The molecule has 0 spiro atoms. The highest BCUT2D eigenvalue weighted by Gasteiger charge is 2.18. The molecule has 20 heavy (non-hydrogen) atoms. The maximum absolute atomic E-state index is 13.6. The van der Waals surface area contributed by atoms with E-state index < -0.39 is 15.8 Å². The standard InChI is InChI=1S/C13H12ClFN2O2S/c1-8-6-9(14)2-5-13(8)20(18,19)17-12-7-10(16)3-4-11(12)15/h2-7,17H,16H2,1H3. The molecular formula is C13H12ClFN2O2S. The molecule has 2 aromatic carbocycles. The van der Waals surface area contributed by atoms with Crippen LogP contribution in [0.3, 0.4) is 0 Å². The van der Waals surface area contributed by atoms with Gasteiger partial charge >= 0.3 is 0 Å². The lowest BCUT2D eigenvalue weighted by atomic mass is 10.2. The molecule has 0 saturated heterocycles. The largest absolute Gasteiger partial charge is 0.399 e. The Morgan fingerprint density at radius 2 is 1.90 bits per heavy atom. The van der Waals surface area contributed by atoms with E-state index in [1.54, 1.807) is 6.92 Å². The normalized spacial score (nSPS) is 11.3. The summed E-state index contributed by atoms with van der Waals surface area (Å²) in [5.41, 5.74) is 6.05. The number of anilines is 2. The number of hydrogen-bond acceptors (Lipinski definition) is 3. The molecule has 2 rings (SSSR count). The van der Waals surface area contributed by atoms with Crippen molar-refractivity contribution in [3.63, 3.8) is 0 Å². The summed E-state index contributed by atoms with van der Waals surface area (Å²) in [6.07, 6.45) is 0. The minimum Gasteiger partial charge on any atom is -0.399 e. The van der Waals surface area contributed by atoms with E-state index in [-0.39, 0.29) is 16.3 Å². The van der Waals surface area contributed by atoms with E-state index in [2.05, 4.69) is 4.72 Å². The zero-order valence-corrected chi connectivity index (χ0v) is 12.1. The van der Waals surface area contributed by atoms with Gasteiger partial charge in [-0.05, 0) is 48.9 Å². The van der Waals surface area contributed by atoms with Gasteiger partial charge < -0.3 is 5.73 Å². The predicted octanol–water partition coefficient (Wildman–Crippen LogP) is 3.17. The molecule has 106 valence electrons. The molecule has 0 aliphatic carbocycles. The maximum atomic E-state index is 13.6. The summed E-state index contributed by atoms with van der Waals surface area (Å²) in [5.74, 6) is -0.700. The third-order valence-electron chi connectivity index (χ3n) is 2.66. The highest BCUT2D eigenvalue weighted by molar-refractivity contribution is 7.92. The predicted molar refractivity (Wildman–Crippen MR) is 77.8 cm³/mol. The first-order chi connectivity index (χ1) is 9.29. The number of halogens is 2. The van der Waals surface area contributed by atoms with E-state index in [9.17, 15) is 12.8 Å². The van der Waals surface area contributed by atoms with Crippen LogP contribution >= 0.6 is 11.6 Å². The molecule has 0 aliphatic rings. The second kappa shape index (κ2) is 5.30. The van der Waals surface area contributed by atoms with Gasteiger partial charge in [-0.3, -0.25) is 4.72 Å². The Morgan fingerprint density at radius 3 is 2.55 bits per heavy atom. The Labute approximate surface area is 121 Å². The monoisotopic (exact) mass is 314 g/mol. The van der Waals surface area contributed by atoms with Gasteiger partial charge in [-0.1, -0.05) is 11.6 Å². The second-order valence-electron chi connectivity index (χ2n) is 4.25. The fraction of sp³-hybridized carbons (Fsp3) is 0.0769. The van der Waals surface area contributed by atoms with Crippen molar-refractivity contribution >= 4 is 33.0 Å².